The number of aliphatic hydroxyl groups excluding tert-OH is 1. The van der Waals surface area contributed by atoms with Crippen molar-refractivity contribution in [3.05, 3.63) is 65.2 Å². The molecule has 2 aromatic carbocycles. The van der Waals surface area contributed by atoms with Crippen LogP contribution in [0.4, 0.5) is 0 Å². The number of hydrogen-bond acceptors (Lipinski definition) is 5. The lowest BCUT2D eigenvalue weighted by Crippen LogP contribution is -2.26. The summed E-state index contributed by atoms with van der Waals surface area (Å²) < 4.78 is 5.25. The van der Waals surface area contributed by atoms with E-state index in [1.54, 1.807) is 6.07 Å². The van der Waals surface area contributed by atoms with Crippen molar-refractivity contribution in [1.29, 1.82) is 0 Å². The van der Waals surface area contributed by atoms with Gasteiger partial charge in [-0.25, -0.2) is 0 Å². The molecular formula is C18H23N3O3. The molecule has 6 heteroatoms. The highest BCUT2D eigenvalue weighted by Gasteiger charge is 2.12. The van der Waals surface area contributed by atoms with Crippen LogP contribution in [0.5, 0.6) is 5.75 Å². The second kappa shape index (κ2) is 8.90. The Bertz CT molecular complexity index is 674. The Morgan fingerprint density at radius 2 is 1.83 bits per heavy atom. The number of ether oxygens (including phenoxy) is 1. The minimum absolute atomic E-state index is 0.00506. The lowest BCUT2D eigenvalue weighted by molar-refractivity contribution is 0.184. The molecule has 0 saturated carbocycles. The number of rotatable bonds is 8. The largest absolute Gasteiger partial charge is 0.496 e. The summed E-state index contributed by atoms with van der Waals surface area (Å²) >= 11 is 0. The van der Waals surface area contributed by atoms with Gasteiger partial charge in [0.05, 0.1) is 19.3 Å². The van der Waals surface area contributed by atoms with E-state index in [0.29, 0.717) is 24.4 Å². The topological polar surface area (TPSA) is 91.3 Å². The number of methoxy groups -OCH3 is 1. The average molecular weight is 329 g/mol. The Balaban J connectivity index is 2.19. The van der Waals surface area contributed by atoms with Crippen molar-refractivity contribution < 1.29 is 15.1 Å². The fourth-order valence-electron chi connectivity index (χ4n) is 2.56. The maximum Gasteiger partial charge on any atom is 0.173 e. The van der Waals surface area contributed by atoms with Crippen molar-refractivity contribution in [2.45, 2.75) is 13.1 Å². The molecule has 0 bridgehead atoms. The predicted octanol–water partition coefficient (Wildman–Crippen LogP) is 1.78. The van der Waals surface area contributed by atoms with E-state index in [1.165, 1.54) is 12.7 Å². The van der Waals surface area contributed by atoms with Crippen molar-refractivity contribution in [2.24, 2.45) is 10.9 Å². The molecule has 6 nitrogen and oxygen atoms in total. The van der Waals surface area contributed by atoms with Gasteiger partial charge in [-0.1, -0.05) is 41.6 Å². The summed E-state index contributed by atoms with van der Waals surface area (Å²) in [5.41, 5.74) is 8.43. The zero-order valence-electron chi connectivity index (χ0n) is 13.7. The summed E-state index contributed by atoms with van der Waals surface area (Å²) in [5.74, 6) is 0.552. The monoisotopic (exact) mass is 329 g/mol. The standard InChI is InChI=1S/C18H23N3O3/c1-24-17-8-7-15(11-16(17)18(19)20-23)13-21(9-10-22)12-14-5-3-2-4-6-14/h2-8,11,22-23H,9-10,12-13H2,1H3,(H2,19,20). The van der Waals surface area contributed by atoms with E-state index in [2.05, 4.69) is 22.2 Å². The van der Waals surface area contributed by atoms with Gasteiger partial charge >= 0.3 is 0 Å². The van der Waals surface area contributed by atoms with Crippen LogP contribution in [0, 0.1) is 0 Å². The maximum atomic E-state index is 9.32. The number of hydrogen-bond donors (Lipinski definition) is 3. The molecule has 24 heavy (non-hydrogen) atoms. The number of amidine groups is 1. The number of aliphatic hydroxyl groups is 1. The molecule has 0 amide bonds. The molecule has 4 N–H and O–H groups in total. The van der Waals surface area contributed by atoms with E-state index >= 15 is 0 Å². The zero-order chi connectivity index (χ0) is 17.4. The van der Waals surface area contributed by atoms with E-state index in [-0.39, 0.29) is 12.4 Å². The van der Waals surface area contributed by atoms with Crippen LogP contribution in [-0.2, 0) is 13.1 Å². The quantitative estimate of drug-likeness (QED) is 0.297. The third-order valence-corrected chi connectivity index (χ3v) is 3.72. The molecule has 0 aliphatic carbocycles. The first kappa shape index (κ1) is 17.8. The van der Waals surface area contributed by atoms with Crippen LogP contribution in [0.1, 0.15) is 16.7 Å². The first-order valence-electron chi connectivity index (χ1n) is 7.70. The summed E-state index contributed by atoms with van der Waals surface area (Å²) in [6.07, 6.45) is 0. The molecule has 0 atom stereocenters. The van der Waals surface area contributed by atoms with E-state index in [1.807, 2.05) is 30.3 Å². The Kier molecular flexibility index (Phi) is 6.60. The predicted molar refractivity (Wildman–Crippen MR) is 93.1 cm³/mol. The van der Waals surface area contributed by atoms with Crippen LogP contribution in [0.2, 0.25) is 0 Å². The van der Waals surface area contributed by atoms with Gasteiger partial charge in [0.1, 0.15) is 5.75 Å². The molecule has 0 saturated heterocycles. The number of nitrogens with two attached hydrogens (primary N) is 1. The zero-order valence-corrected chi connectivity index (χ0v) is 13.7. The van der Waals surface area contributed by atoms with Crippen molar-refractivity contribution in [3.63, 3.8) is 0 Å². The van der Waals surface area contributed by atoms with Gasteiger partial charge in [0, 0.05) is 19.6 Å². The van der Waals surface area contributed by atoms with Crippen molar-refractivity contribution in [3.8, 4) is 5.75 Å². The number of oxime groups is 1. The van der Waals surface area contributed by atoms with Crippen LogP contribution in [0.15, 0.2) is 53.7 Å². The molecule has 0 aliphatic heterocycles. The highest BCUT2D eigenvalue weighted by molar-refractivity contribution is 5.99. The van der Waals surface area contributed by atoms with E-state index in [0.717, 1.165) is 12.1 Å². The molecule has 0 radical (unpaired) electrons. The fraction of sp³-hybridized carbons (Fsp3) is 0.278. The summed E-state index contributed by atoms with van der Waals surface area (Å²) in [7, 11) is 1.54. The number of benzene rings is 2. The van der Waals surface area contributed by atoms with Gasteiger partial charge in [-0.3, -0.25) is 4.90 Å². The van der Waals surface area contributed by atoms with E-state index < -0.39 is 0 Å². The van der Waals surface area contributed by atoms with Gasteiger partial charge in [-0.2, -0.15) is 0 Å². The summed E-state index contributed by atoms with van der Waals surface area (Å²) in [6, 6.07) is 15.6. The summed E-state index contributed by atoms with van der Waals surface area (Å²) in [5, 5.41) is 21.3. The molecule has 0 fully saturated rings. The number of nitrogens with zero attached hydrogens (tertiary/aromatic N) is 2. The third-order valence-electron chi connectivity index (χ3n) is 3.72. The molecule has 0 aliphatic rings. The fourth-order valence-corrected chi connectivity index (χ4v) is 2.56. The molecule has 128 valence electrons. The van der Waals surface area contributed by atoms with Gasteiger partial charge in [0.25, 0.3) is 0 Å². The van der Waals surface area contributed by atoms with Gasteiger partial charge in [0.15, 0.2) is 5.84 Å². The first-order chi connectivity index (χ1) is 11.7. The van der Waals surface area contributed by atoms with Crippen molar-refractivity contribution in [2.75, 3.05) is 20.3 Å². The van der Waals surface area contributed by atoms with Crippen LogP contribution in [0.25, 0.3) is 0 Å². The first-order valence-corrected chi connectivity index (χ1v) is 7.70. The van der Waals surface area contributed by atoms with Gasteiger partial charge in [0.2, 0.25) is 0 Å². The smallest absolute Gasteiger partial charge is 0.173 e. The molecule has 2 rings (SSSR count). The average Bonchev–Trinajstić information content (AvgIpc) is 2.62. The van der Waals surface area contributed by atoms with E-state index in [9.17, 15) is 5.11 Å². The lowest BCUT2D eigenvalue weighted by Gasteiger charge is -2.22. The second-order valence-electron chi connectivity index (χ2n) is 5.44. The molecular weight excluding hydrogens is 306 g/mol. The van der Waals surface area contributed by atoms with Gasteiger partial charge in [-0.15, -0.1) is 0 Å². The summed E-state index contributed by atoms with van der Waals surface area (Å²) in [4.78, 5) is 2.13. The van der Waals surface area contributed by atoms with Crippen LogP contribution in [-0.4, -0.2) is 41.3 Å². The Labute approximate surface area is 141 Å². The highest BCUT2D eigenvalue weighted by Crippen LogP contribution is 2.21. The third kappa shape index (κ3) is 4.71. The minimum Gasteiger partial charge on any atom is -0.496 e. The minimum atomic E-state index is 0.00506. The molecule has 2 aromatic rings. The molecule has 0 aromatic heterocycles. The van der Waals surface area contributed by atoms with Crippen LogP contribution in [0.3, 0.4) is 0 Å². The summed E-state index contributed by atoms with van der Waals surface area (Å²) in [6.45, 7) is 1.99. The Morgan fingerprint density at radius 1 is 1.12 bits per heavy atom. The van der Waals surface area contributed by atoms with Gasteiger partial charge < -0.3 is 20.8 Å². The van der Waals surface area contributed by atoms with Gasteiger partial charge in [-0.05, 0) is 23.3 Å². The van der Waals surface area contributed by atoms with Crippen LogP contribution >= 0.6 is 0 Å². The van der Waals surface area contributed by atoms with E-state index in [4.69, 9.17) is 15.7 Å². The maximum absolute atomic E-state index is 9.32. The Morgan fingerprint density at radius 3 is 2.46 bits per heavy atom. The second-order valence-corrected chi connectivity index (χ2v) is 5.44. The molecule has 0 unspecified atom stereocenters. The Hall–Kier alpha value is -2.57. The van der Waals surface area contributed by atoms with Crippen LogP contribution < -0.4 is 10.5 Å². The molecule has 0 heterocycles. The molecule has 0 spiro atoms. The SMILES string of the molecule is COc1ccc(CN(CCO)Cc2ccccc2)cc1/C(N)=N/O. The normalized spacial score (nSPS) is 11.7. The van der Waals surface area contributed by atoms with Crippen molar-refractivity contribution >= 4 is 5.84 Å². The highest BCUT2D eigenvalue weighted by atomic mass is 16.5. The van der Waals surface area contributed by atoms with Crippen molar-refractivity contribution in [1.82, 2.24) is 4.90 Å². The lowest BCUT2D eigenvalue weighted by atomic mass is 10.1.